The number of benzene rings is 18. The van der Waals surface area contributed by atoms with Gasteiger partial charge in [-0.1, -0.05) is 382 Å². The topological polar surface area (TPSA) is 117 Å². The Morgan fingerprint density at radius 2 is 0.457 bits per heavy atom. The number of phenolic OH excluding ortho intramolecular Hbond substituents is 1. The van der Waals surface area contributed by atoms with Gasteiger partial charge in [-0.3, -0.25) is 18.3 Å². The maximum Gasteiger partial charge on any atom is 0.240 e. The highest BCUT2D eigenvalue weighted by Gasteiger charge is 2.41. The molecule has 0 saturated carbocycles. The lowest BCUT2D eigenvalue weighted by Gasteiger charge is -2.37. The summed E-state index contributed by atoms with van der Waals surface area (Å²) < 4.78 is 299. The van der Waals surface area contributed by atoms with Crippen LogP contribution >= 0.6 is 0 Å². The lowest BCUT2D eigenvalue weighted by Crippen LogP contribution is -2.31. The van der Waals surface area contributed by atoms with Crippen LogP contribution < -0.4 is 0 Å². The molecule has 24 aromatic rings. The molecule has 0 amide bonds. The average molecular weight is 1660 g/mol. The molecule has 0 aliphatic heterocycles. The molecule has 11 heteroatoms. The first kappa shape index (κ1) is 48.0. The molecule has 0 fully saturated rings. The van der Waals surface area contributed by atoms with Crippen LogP contribution in [0.5, 0.6) is 5.75 Å². The molecule has 0 aliphatic rings. The standard InChI is InChI=1S/C58H39N5O.C58H39N5/c64-46-34-35-54-50(38-46)49-30-12-15-33-53(49)63(54)57-60-55(59-56(61-57)62-51-31-13-10-28-47(51)48-29-11-14-32-52(48)62)41-21-17-27-45(37-41)58(42-22-6-2-7-23-42,43-24-8-3-9-25-43)44-26-16-20-40(36-44)39-18-4-1-5-19-39;1-4-20-40(21-5-1)41-22-18-28-45(38-41)58(43-24-6-2-7-25-43,44-26-8-3-9-27-44)46-29-19-23-42(39-46)55-59-56(62-51-34-14-10-30-47(51)48-31-11-15-35-52(48)62)61-57(60-55)63-53-36-16-12-32-49(53)50-33-13-17-37-54(50)63/h1-38,64H;1-39H/i1D,4D,5D,10D,11D,12D,13D,14D,15D,18D,19D,28D,29D,30D,31D,32D,33D,34D,35D,38D;1D,4D,5D,10D,12D,14D,16D,20D,21D,30D,32D,34D,36D. The molecule has 1 N–H and O–H groups in total. The molecule has 11 nitrogen and oxygen atoms in total. The Balaban J connectivity index is 0.000000173. The first-order chi connectivity index (χ1) is 76.6. The Bertz CT molecular complexity index is 9830. The van der Waals surface area contributed by atoms with Gasteiger partial charge in [0.15, 0.2) is 11.6 Å². The van der Waals surface area contributed by atoms with E-state index in [9.17, 15) is 13.3 Å². The Morgan fingerprint density at radius 3 is 0.803 bits per heavy atom. The number of hydrogen-bond donors (Lipinski definition) is 1. The van der Waals surface area contributed by atoms with Gasteiger partial charge in [0.2, 0.25) is 23.8 Å². The maximum absolute atomic E-state index is 11.1. The van der Waals surface area contributed by atoms with Crippen LogP contribution in [0.4, 0.5) is 0 Å². The molecule has 6 aromatic heterocycles. The molecule has 0 unspecified atom stereocenters. The van der Waals surface area contributed by atoms with Gasteiger partial charge in [0.05, 0.1) is 100 Å². The van der Waals surface area contributed by atoms with Crippen LogP contribution in [0.3, 0.4) is 0 Å². The first-order valence-electron chi connectivity index (χ1n) is 56.7. The summed E-state index contributed by atoms with van der Waals surface area (Å²) in [6.45, 7) is 0. The van der Waals surface area contributed by atoms with Crippen molar-refractivity contribution >= 4 is 87.2 Å². The summed E-state index contributed by atoms with van der Waals surface area (Å²) in [5.74, 6) is -2.39. The van der Waals surface area contributed by atoms with Crippen LogP contribution in [0.1, 0.15) is 89.7 Å². The molecule has 0 atom stereocenters. The third-order valence-electron chi connectivity index (χ3n) is 22.9. The number of aromatic nitrogens is 10. The second-order valence-electron chi connectivity index (χ2n) is 29.7. The summed E-state index contributed by atoms with van der Waals surface area (Å²) in [7, 11) is 0. The van der Waals surface area contributed by atoms with Gasteiger partial charge in [0, 0.05) is 54.2 Å². The van der Waals surface area contributed by atoms with Gasteiger partial charge >= 0.3 is 0 Å². The fourth-order valence-electron chi connectivity index (χ4n) is 17.6. The maximum atomic E-state index is 11.1. The molecule has 598 valence electrons. The van der Waals surface area contributed by atoms with Crippen molar-refractivity contribution in [1.82, 2.24) is 48.2 Å². The summed E-state index contributed by atoms with van der Waals surface area (Å²) in [6.07, 6.45) is 0. The number of para-hydroxylation sites is 7. The van der Waals surface area contributed by atoms with Crippen molar-refractivity contribution in [2.24, 2.45) is 0 Å². The summed E-state index contributed by atoms with van der Waals surface area (Å²) in [4.78, 5) is 30.2. The van der Waals surface area contributed by atoms with E-state index in [0.29, 0.717) is 71.9 Å². The minimum absolute atomic E-state index is 0.0443. The van der Waals surface area contributed by atoms with E-state index in [1.165, 1.54) is 0 Å². The van der Waals surface area contributed by atoms with Gasteiger partial charge in [-0.05, 0) is 151 Å². The van der Waals surface area contributed by atoms with Gasteiger partial charge in [-0.25, -0.2) is 0 Å². The molecular formula is C116H78N10O. The Morgan fingerprint density at radius 1 is 0.197 bits per heavy atom. The summed E-state index contributed by atoms with van der Waals surface area (Å²) in [5.41, 5.74) is 3.77. The second-order valence-corrected chi connectivity index (χ2v) is 29.7. The quantitative estimate of drug-likeness (QED) is 0.0958. The van der Waals surface area contributed by atoms with Crippen molar-refractivity contribution in [3.8, 4) is 74.6 Å². The highest BCUT2D eigenvalue weighted by Crippen LogP contribution is 2.50. The predicted octanol–water partition coefficient (Wildman–Crippen LogP) is 27.3. The average Bonchev–Trinajstić information content (AvgIpc) is 1.54. The zero-order chi connectivity index (χ0) is 113. The summed E-state index contributed by atoms with van der Waals surface area (Å²) in [5, 5.41) is 11.2. The molecule has 0 bridgehead atoms. The van der Waals surface area contributed by atoms with Gasteiger partial charge in [0.1, 0.15) is 5.75 Å². The van der Waals surface area contributed by atoms with Crippen molar-refractivity contribution in [1.29, 1.82) is 0 Å². The molecule has 0 spiro atoms. The molecule has 127 heavy (non-hydrogen) atoms. The molecule has 0 aliphatic carbocycles. The number of aromatic hydroxyl groups is 1. The van der Waals surface area contributed by atoms with Gasteiger partial charge in [-0.15, -0.1) is 0 Å². The lowest BCUT2D eigenvalue weighted by atomic mass is 9.64. The Kier molecular flexibility index (Phi) is 11.9. The first-order valence-corrected chi connectivity index (χ1v) is 40.2. The van der Waals surface area contributed by atoms with Gasteiger partial charge in [0.25, 0.3) is 0 Å². The van der Waals surface area contributed by atoms with E-state index >= 15 is 0 Å². The summed E-state index contributed by atoms with van der Waals surface area (Å²) in [6, 6.07) is 62.5. The van der Waals surface area contributed by atoms with E-state index in [1.54, 1.807) is 106 Å². The highest BCUT2D eigenvalue weighted by atomic mass is 16.3. The van der Waals surface area contributed by atoms with Crippen LogP contribution in [-0.2, 0) is 10.8 Å². The van der Waals surface area contributed by atoms with Crippen molar-refractivity contribution in [3.63, 3.8) is 0 Å². The third kappa shape index (κ3) is 12.7. The molecular weight excluding hydrogens is 1550 g/mol. The number of rotatable bonds is 16. The number of phenols is 1. The SMILES string of the molecule is [2H]c1c([2H])c([2H])c(-c2cccc(C(c3ccccc3)(c3ccccc3)c3cccc(-c4nc(-n5c6c([2H])c([2H])c([2H])c([2H])c6c6c([2H])c([2H])c([2H])c([2H])c65)nc(-n5c6c([2H])c([2H])c([2H])c([2H])c6c6c([2H])c(O)c([2H])c([2H])c65)n4)c3)c2)c([2H])c1[2H].[2H]c1c([2H])c([2H])c(-c2cccc(C(c3ccccc3)(c3ccccc3)c3cccc(-c4nc(-n5c6ccccc6c6c([2H])c([2H])c([2H])c([2H])c65)nc(-n5c6ccccc6c6c([2H])c([2H])c([2H])c([2H])c65)n4)c3)c2)c([2H])c1[2H]. The zero-order valence-electron chi connectivity index (χ0n) is 99.3. The largest absolute Gasteiger partial charge is 0.508 e. The van der Waals surface area contributed by atoms with E-state index in [-0.39, 0.29) is 120 Å². The fraction of sp³-hybridized carbons (Fsp3) is 0.0172. The minimum Gasteiger partial charge on any atom is -0.508 e. The highest BCUT2D eigenvalue weighted by molar-refractivity contribution is 6.12. The van der Waals surface area contributed by atoms with Crippen LogP contribution in [0, 0.1) is 0 Å². The van der Waals surface area contributed by atoms with Crippen LogP contribution in [-0.4, -0.2) is 53.3 Å². The normalized spacial score (nSPS) is 15.4. The van der Waals surface area contributed by atoms with E-state index < -0.39 is 214 Å². The number of fused-ring (bicyclic) bond motifs is 12. The minimum atomic E-state index is -1.37. The third-order valence-corrected chi connectivity index (χ3v) is 22.9. The number of nitrogens with zero attached hydrogens (tertiary/aromatic N) is 10. The lowest BCUT2D eigenvalue weighted by molar-refractivity contribution is 0.476. The van der Waals surface area contributed by atoms with Crippen molar-refractivity contribution in [2.75, 3.05) is 0 Å². The molecule has 0 radical (unpaired) electrons. The van der Waals surface area contributed by atoms with Crippen molar-refractivity contribution in [3.05, 3.63) is 511 Å². The van der Waals surface area contributed by atoms with Crippen LogP contribution in [0.2, 0.25) is 0 Å². The number of hydrogen-bond acceptors (Lipinski definition) is 7. The van der Waals surface area contributed by atoms with Gasteiger partial charge < -0.3 is 5.11 Å². The van der Waals surface area contributed by atoms with E-state index in [0.717, 1.165) is 20.3 Å². The Hall–Kier alpha value is -17.0. The fourth-order valence-corrected chi connectivity index (χ4v) is 17.6. The van der Waals surface area contributed by atoms with E-state index in [1.807, 2.05) is 170 Å². The zero-order valence-corrected chi connectivity index (χ0v) is 66.3. The second kappa shape index (κ2) is 31.5. The summed E-state index contributed by atoms with van der Waals surface area (Å²) >= 11 is 0. The molecule has 6 heterocycles. The monoisotopic (exact) mass is 1660 g/mol. The predicted molar refractivity (Wildman–Crippen MR) is 517 cm³/mol. The van der Waals surface area contributed by atoms with E-state index in [4.69, 9.17) is 66.9 Å². The molecule has 24 rings (SSSR count). The van der Waals surface area contributed by atoms with Gasteiger partial charge in [-0.2, -0.15) is 29.9 Å². The Labute approximate surface area is 779 Å². The van der Waals surface area contributed by atoms with Crippen LogP contribution in [0.15, 0.2) is 466 Å². The van der Waals surface area contributed by atoms with E-state index in [2.05, 4.69) is 0 Å². The smallest absolute Gasteiger partial charge is 0.240 e. The molecule has 18 aromatic carbocycles. The van der Waals surface area contributed by atoms with Crippen LogP contribution in [0.25, 0.3) is 156 Å². The van der Waals surface area contributed by atoms with Crippen molar-refractivity contribution < 1.29 is 50.3 Å². The van der Waals surface area contributed by atoms with Crippen molar-refractivity contribution in [2.45, 2.75) is 10.8 Å². The molecule has 0 saturated heterocycles.